The number of halogens is 1. The molecule has 1 N–H and O–H groups in total. The minimum atomic E-state index is -4.17. The molecule has 1 heterocycles. The van der Waals surface area contributed by atoms with Crippen LogP contribution in [-0.2, 0) is 16.5 Å². The third-order valence-corrected chi connectivity index (χ3v) is 3.05. The second-order valence-corrected chi connectivity index (χ2v) is 4.56. The average molecular weight is 251 g/mol. The normalized spacial score (nSPS) is 14.7. The van der Waals surface area contributed by atoms with E-state index < -0.39 is 10.1 Å². The fraction of sp³-hybridized carbons (Fsp3) is 0.333. The lowest BCUT2D eigenvalue weighted by Gasteiger charge is -2.18. The molecule has 4 nitrogen and oxygen atoms in total. The molecule has 0 atom stereocenters. The van der Waals surface area contributed by atoms with Crippen LogP contribution < -0.4 is 4.74 Å². The molecule has 1 aliphatic heterocycles. The summed E-state index contributed by atoms with van der Waals surface area (Å²) in [4.78, 5) is -0.130. The van der Waals surface area contributed by atoms with Gasteiger partial charge in [0.15, 0.2) is 0 Å². The molecule has 1 aromatic rings. The maximum atomic E-state index is 11.0. The maximum Gasteiger partial charge on any atom is 0.298 e. The number of rotatable bonds is 1. The lowest BCUT2D eigenvalue weighted by atomic mass is 10.1. The number of fused-ring (bicyclic) bond motifs is 1. The molecule has 0 amide bonds. The molecule has 2 rings (SSSR count). The highest BCUT2D eigenvalue weighted by atomic mass is 35.5. The summed E-state index contributed by atoms with van der Waals surface area (Å²) in [5, 5.41) is 0. The van der Waals surface area contributed by atoms with Crippen molar-refractivity contribution in [1.29, 1.82) is 0 Å². The van der Waals surface area contributed by atoms with Gasteiger partial charge in [-0.2, -0.15) is 8.42 Å². The highest BCUT2D eigenvalue weighted by Crippen LogP contribution is 2.31. The fourth-order valence-corrected chi connectivity index (χ4v) is 2.24. The molecule has 0 bridgehead atoms. The van der Waals surface area contributed by atoms with Crippen molar-refractivity contribution in [3.05, 3.63) is 23.8 Å². The summed E-state index contributed by atoms with van der Waals surface area (Å²) >= 11 is 0. The monoisotopic (exact) mass is 250 g/mol. The zero-order valence-electron chi connectivity index (χ0n) is 7.84. The average Bonchev–Trinajstić information content (AvgIpc) is 2.15. The van der Waals surface area contributed by atoms with Crippen LogP contribution in [0.4, 0.5) is 0 Å². The molecule has 15 heavy (non-hydrogen) atoms. The lowest BCUT2D eigenvalue weighted by Crippen LogP contribution is -2.12. The zero-order valence-corrected chi connectivity index (χ0v) is 9.47. The first-order valence-electron chi connectivity index (χ1n) is 4.31. The highest BCUT2D eigenvalue weighted by molar-refractivity contribution is 7.86. The van der Waals surface area contributed by atoms with E-state index in [-0.39, 0.29) is 17.3 Å². The Hall–Kier alpha value is -0.780. The Kier molecular flexibility index (Phi) is 3.59. The van der Waals surface area contributed by atoms with Crippen LogP contribution in [0.3, 0.4) is 0 Å². The van der Waals surface area contributed by atoms with Gasteiger partial charge in [-0.05, 0) is 24.5 Å². The standard InChI is InChI=1S/C9H10O4S.ClH/c10-14(11,12)8-5-1-3-7-4-2-6-13-9(7)8;/h1,3,5H,2,4,6H2,(H,10,11,12);1H. The van der Waals surface area contributed by atoms with Gasteiger partial charge < -0.3 is 4.74 Å². The maximum absolute atomic E-state index is 11.0. The van der Waals surface area contributed by atoms with Gasteiger partial charge >= 0.3 is 0 Å². The van der Waals surface area contributed by atoms with Crippen molar-refractivity contribution in [1.82, 2.24) is 0 Å². The molecule has 0 aromatic heterocycles. The number of hydrogen-bond acceptors (Lipinski definition) is 3. The molecular formula is C9H11ClO4S. The van der Waals surface area contributed by atoms with Gasteiger partial charge in [0.2, 0.25) is 0 Å². The SMILES string of the molecule is Cl.O=S(=O)(O)c1cccc2c1OCCC2. The molecule has 84 valence electrons. The van der Waals surface area contributed by atoms with Crippen molar-refractivity contribution in [2.24, 2.45) is 0 Å². The van der Waals surface area contributed by atoms with E-state index >= 15 is 0 Å². The Labute approximate surface area is 94.4 Å². The van der Waals surface area contributed by atoms with Crippen LogP contribution in [0.2, 0.25) is 0 Å². The second kappa shape index (κ2) is 4.38. The van der Waals surface area contributed by atoms with Gasteiger partial charge in [0, 0.05) is 0 Å². The molecular weight excluding hydrogens is 240 g/mol. The quantitative estimate of drug-likeness (QED) is 0.771. The summed E-state index contributed by atoms with van der Waals surface area (Å²) in [6, 6.07) is 4.76. The molecule has 0 aliphatic carbocycles. The van der Waals surface area contributed by atoms with E-state index in [4.69, 9.17) is 9.29 Å². The van der Waals surface area contributed by atoms with Gasteiger partial charge in [0.05, 0.1) is 6.61 Å². The Morgan fingerprint density at radius 3 is 2.73 bits per heavy atom. The first kappa shape index (κ1) is 12.3. The topological polar surface area (TPSA) is 63.6 Å². The van der Waals surface area contributed by atoms with Crippen LogP contribution in [0.5, 0.6) is 5.75 Å². The number of para-hydroxylation sites is 1. The molecule has 0 unspecified atom stereocenters. The van der Waals surface area contributed by atoms with Crippen LogP contribution in [0.25, 0.3) is 0 Å². The number of ether oxygens (including phenoxy) is 1. The van der Waals surface area contributed by atoms with Crippen molar-refractivity contribution in [2.45, 2.75) is 17.7 Å². The molecule has 6 heteroatoms. The molecule has 0 spiro atoms. The van der Waals surface area contributed by atoms with E-state index in [1.54, 1.807) is 6.07 Å². The van der Waals surface area contributed by atoms with Gasteiger partial charge in [-0.25, -0.2) is 0 Å². The Morgan fingerprint density at radius 2 is 2.07 bits per heavy atom. The van der Waals surface area contributed by atoms with Crippen molar-refractivity contribution >= 4 is 22.5 Å². The number of aryl methyl sites for hydroxylation is 1. The fourth-order valence-electron chi connectivity index (χ4n) is 1.56. The molecule has 0 radical (unpaired) electrons. The first-order chi connectivity index (χ1) is 6.59. The van der Waals surface area contributed by atoms with Gasteiger partial charge in [-0.15, -0.1) is 12.4 Å². The van der Waals surface area contributed by atoms with Crippen molar-refractivity contribution in [3.8, 4) is 5.75 Å². The summed E-state index contributed by atoms with van der Waals surface area (Å²) in [6.45, 7) is 0.500. The Balaban J connectivity index is 0.00000112. The van der Waals surface area contributed by atoms with Gasteiger partial charge in [0.25, 0.3) is 10.1 Å². The van der Waals surface area contributed by atoms with Crippen LogP contribution in [0, 0.1) is 0 Å². The Bertz CT molecular complexity index is 455. The molecule has 1 aliphatic rings. The second-order valence-electron chi connectivity index (χ2n) is 3.17. The van der Waals surface area contributed by atoms with Crippen LogP contribution in [0.15, 0.2) is 23.1 Å². The minimum absolute atomic E-state index is 0. The molecule has 0 saturated carbocycles. The molecule has 0 fully saturated rings. The van der Waals surface area contributed by atoms with Gasteiger partial charge in [-0.3, -0.25) is 4.55 Å². The third kappa shape index (κ3) is 2.42. The van der Waals surface area contributed by atoms with E-state index in [1.165, 1.54) is 6.07 Å². The third-order valence-electron chi connectivity index (χ3n) is 2.18. The molecule has 0 saturated heterocycles. The van der Waals surface area contributed by atoms with Crippen molar-refractivity contribution in [3.63, 3.8) is 0 Å². The number of hydrogen-bond donors (Lipinski definition) is 1. The van der Waals surface area contributed by atoms with Crippen molar-refractivity contribution in [2.75, 3.05) is 6.61 Å². The Morgan fingerprint density at radius 1 is 1.33 bits per heavy atom. The predicted molar refractivity (Wildman–Crippen MR) is 57.3 cm³/mol. The van der Waals surface area contributed by atoms with E-state index in [0.717, 1.165) is 18.4 Å². The largest absolute Gasteiger partial charge is 0.492 e. The summed E-state index contributed by atoms with van der Waals surface area (Å²) in [5.41, 5.74) is 0.839. The van der Waals surface area contributed by atoms with Crippen molar-refractivity contribution < 1.29 is 17.7 Å². The number of benzene rings is 1. The summed E-state index contributed by atoms with van der Waals surface area (Å²) < 4.78 is 36.1. The zero-order chi connectivity index (χ0) is 10.2. The van der Waals surface area contributed by atoms with Crippen LogP contribution >= 0.6 is 12.4 Å². The lowest BCUT2D eigenvalue weighted by molar-refractivity contribution is 0.279. The van der Waals surface area contributed by atoms with Gasteiger partial charge in [-0.1, -0.05) is 12.1 Å². The van der Waals surface area contributed by atoms with E-state index in [2.05, 4.69) is 0 Å². The summed E-state index contributed by atoms with van der Waals surface area (Å²) in [7, 11) is -4.17. The minimum Gasteiger partial charge on any atom is -0.492 e. The summed E-state index contributed by atoms with van der Waals surface area (Å²) in [5.74, 6) is 0.307. The van der Waals surface area contributed by atoms with E-state index in [0.29, 0.717) is 12.4 Å². The van der Waals surface area contributed by atoms with Gasteiger partial charge in [0.1, 0.15) is 10.6 Å². The highest BCUT2D eigenvalue weighted by Gasteiger charge is 2.21. The molecule has 1 aromatic carbocycles. The van der Waals surface area contributed by atoms with Crippen LogP contribution in [0.1, 0.15) is 12.0 Å². The summed E-state index contributed by atoms with van der Waals surface area (Å²) in [6.07, 6.45) is 1.67. The van der Waals surface area contributed by atoms with E-state index in [9.17, 15) is 8.42 Å². The first-order valence-corrected chi connectivity index (χ1v) is 5.75. The van der Waals surface area contributed by atoms with E-state index in [1.807, 2.05) is 6.07 Å². The smallest absolute Gasteiger partial charge is 0.298 e. The predicted octanol–water partition coefficient (Wildman–Crippen LogP) is 1.68. The van der Waals surface area contributed by atoms with Crippen LogP contribution in [-0.4, -0.2) is 19.6 Å².